The van der Waals surface area contributed by atoms with Gasteiger partial charge in [-0.3, -0.25) is 34.5 Å². The van der Waals surface area contributed by atoms with E-state index in [-0.39, 0.29) is 0 Å². The lowest BCUT2D eigenvalue weighted by atomic mass is 9.91. The molecule has 117 heavy (non-hydrogen) atoms. The molecule has 14 aromatic rings. The first kappa shape index (κ1) is 75.4. The Morgan fingerprint density at radius 1 is 0.316 bits per heavy atom. The highest BCUT2D eigenvalue weighted by Crippen LogP contribution is 2.36. The van der Waals surface area contributed by atoms with E-state index in [0.717, 1.165) is 262 Å². The molecule has 10 aliphatic rings. The molecule has 0 spiro atoms. The second kappa shape index (κ2) is 33.6. The van der Waals surface area contributed by atoms with Crippen LogP contribution in [0.4, 0.5) is 0 Å². The number of aryl methyl sites for hydroxylation is 3. The van der Waals surface area contributed by atoms with E-state index >= 15 is 0 Å². The molecule has 24 rings (SSSR count). The molecule has 0 saturated heterocycles. The fourth-order valence-corrected chi connectivity index (χ4v) is 19.2. The number of fused-ring (bicyclic) bond motifs is 15. The molecule has 5 fully saturated rings. The van der Waals surface area contributed by atoms with Gasteiger partial charge in [0.15, 0.2) is 28.2 Å². The van der Waals surface area contributed by atoms with Crippen LogP contribution >= 0.6 is 0 Å². The van der Waals surface area contributed by atoms with Crippen LogP contribution in [0.5, 0.6) is 0 Å². The average Bonchev–Trinajstić information content (AvgIpc) is 1.65. The van der Waals surface area contributed by atoms with Gasteiger partial charge in [-0.2, -0.15) is 0 Å². The summed E-state index contributed by atoms with van der Waals surface area (Å²) in [7, 11) is 0. The molecule has 0 radical (unpaired) electrons. The van der Waals surface area contributed by atoms with Crippen LogP contribution in [0.1, 0.15) is 149 Å². The minimum atomic E-state index is 0.803. The molecule has 0 unspecified atom stereocenters. The lowest BCUT2D eigenvalue weighted by molar-refractivity contribution is 0.130. The molecule has 2 aromatic carbocycles. The van der Waals surface area contributed by atoms with E-state index in [1.54, 1.807) is 24.9 Å². The van der Waals surface area contributed by atoms with Crippen molar-refractivity contribution in [2.75, 3.05) is 65.4 Å². The Morgan fingerprint density at radius 3 is 1.00 bits per heavy atom. The van der Waals surface area contributed by atoms with Gasteiger partial charge in [0.1, 0.15) is 62.5 Å². The van der Waals surface area contributed by atoms with Gasteiger partial charge in [-0.05, 0) is 149 Å². The van der Waals surface area contributed by atoms with Gasteiger partial charge in [0.05, 0.1) is 18.2 Å². The zero-order valence-electron chi connectivity index (χ0n) is 68.4. The highest BCUT2D eigenvalue weighted by atomic mass is 16.3. The van der Waals surface area contributed by atoms with Crippen LogP contribution in [0.15, 0.2) is 151 Å². The molecular formula is C94H110N22O. The van der Waals surface area contributed by atoms with Crippen LogP contribution in [0.2, 0.25) is 0 Å². The summed E-state index contributed by atoms with van der Waals surface area (Å²) < 4.78 is 17.1. The molecule has 0 N–H and O–H groups in total. The SMILES string of the molecule is CCc1ccc(-c2cnc3c(c2)nc2n3CCN(C3CCC3)CC2)cc1.Cc1ccc(-c2cnc3c(c2)nc2n3CCN(C3CCC3)CC2)cc1.Cc1cnc2c(c1)nc1n2CCN(C2CCC2)CC1.c1cnc(-c2cnc3c(c2)nc2n3CCN(C3CCC3)CC2)cn1.c1coc(-c2cnc3c(c2)nc2n3CCN(C3CCC3)CC2)c1. The van der Waals surface area contributed by atoms with Crippen molar-refractivity contribution in [3.63, 3.8) is 0 Å². The molecule has 5 saturated carbocycles. The predicted octanol–water partition coefficient (Wildman–Crippen LogP) is 15.4. The van der Waals surface area contributed by atoms with Crippen molar-refractivity contribution in [1.82, 2.24) is 107 Å². The summed E-state index contributed by atoms with van der Waals surface area (Å²) in [6.45, 7) is 22.7. The highest BCUT2D eigenvalue weighted by Gasteiger charge is 2.34. The fourth-order valence-electron chi connectivity index (χ4n) is 19.2. The summed E-state index contributed by atoms with van der Waals surface area (Å²) in [5.74, 6) is 6.80. The number of benzene rings is 2. The summed E-state index contributed by atoms with van der Waals surface area (Å²) in [6.07, 6.45) is 43.6. The van der Waals surface area contributed by atoms with Gasteiger partial charge in [-0.15, -0.1) is 0 Å². The lowest BCUT2D eigenvalue weighted by Gasteiger charge is -2.36. The maximum atomic E-state index is 5.47. The number of pyridine rings is 5. The van der Waals surface area contributed by atoms with Gasteiger partial charge in [-0.1, -0.05) is 93.1 Å². The van der Waals surface area contributed by atoms with Crippen LogP contribution in [0.25, 0.3) is 101 Å². The Morgan fingerprint density at radius 2 is 0.658 bits per heavy atom. The molecule has 0 bridgehead atoms. The summed E-state index contributed by atoms with van der Waals surface area (Å²) >= 11 is 0. The molecule has 0 atom stereocenters. The smallest absolute Gasteiger partial charge is 0.160 e. The van der Waals surface area contributed by atoms with Crippen molar-refractivity contribution in [3.05, 3.63) is 193 Å². The zero-order valence-corrected chi connectivity index (χ0v) is 68.4. The third kappa shape index (κ3) is 15.9. The van der Waals surface area contributed by atoms with E-state index < -0.39 is 0 Å². The molecular weight excluding hydrogens is 1450 g/mol. The Balaban J connectivity index is 0.0000000944. The molecule has 0 amide bonds. The minimum Gasteiger partial charge on any atom is -0.464 e. The lowest BCUT2D eigenvalue weighted by Crippen LogP contribution is -2.41. The van der Waals surface area contributed by atoms with E-state index in [2.05, 4.69) is 167 Å². The topological polar surface area (TPSA) is 209 Å². The van der Waals surface area contributed by atoms with Gasteiger partial charge in [-0.25, -0.2) is 49.8 Å². The first-order valence-corrected chi connectivity index (χ1v) is 44.1. The third-order valence-corrected chi connectivity index (χ3v) is 27.3. The van der Waals surface area contributed by atoms with E-state index in [9.17, 15) is 0 Å². The molecule has 602 valence electrons. The fraction of sp³-hybridized carbons (Fsp3) is 0.468. The van der Waals surface area contributed by atoms with Crippen LogP contribution in [0, 0.1) is 13.8 Å². The first-order valence-electron chi connectivity index (χ1n) is 44.1. The average molecular weight is 1560 g/mol. The van der Waals surface area contributed by atoms with Gasteiger partial charge in [0, 0.05) is 226 Å². The largest absolute Gasteiger partial charge is 0.464 e. The molecule has 17 heterocycles. The van der Waals surface area contributed by atoms with Gasteiger partial charge in [0.25, 0.3) is 0 Å². The third-order valence-electron chi connectivity index (χ3n) is 27.3. The molecule has 5 aliphatic heterocycles. The Hall–Kier alpha value is -10.3. The Bertz CT molecular complexity index is 5780. The zero-order chi connectivity index (χ0) is 78.3. The van der Waals surface area contributed by atoms with Crippen molar-refractivity contribution < 1.29 is 4.42 Å². The summed E-state index contributed by atoms with van der Waals surface area (Å²) in [5, 5.41) is 0. The van der Waals surface area contributed by atoms with Gasteiger partial charge >= 0.3 is 0 Å². The monoisotopic (exact) mass is 1560 g/mol. The number of aromatic nitrogens is 17. The van der Waals surface area contributed by atoms with E-state index in [1.807, 2.05) is 43.1 Å². The number of furan rings is 1. The summed E-state index contributed by atoms with van der Waals surface area (Å²) in [5.41, 5.74) is 21.6. The number of rotatable bonds is 10. The van der Waals surface area contributed by atoms with Crippen molar-refractivity contribution in [3.8, 4) is 44.8 Å². The van der Waals surface area contributed by atoms with Crippen LogP contribution < -0.4 is 0 Å². The van der Waals surface area contributed by atoms with Gasteiger partial charge in [0.2, 0.25) is 0 Å². The number of hydrogen-bond acceptors (Lipinski definition) is 18. The maximum absolute atomic E-state index is 5.47. The van der Waals surface area contributed by atoms with Crippen LogP contribution in [0.3, 0.4) is 0 Å². The summed E-state index contributed by atoms with van der Waals surface area (Å²) in [4.78, 5) is 69.6. The highest BCUT2D eigenvalue weighted by molar-refractivity contribution is 5.82. The Kier molecular flexibility index (Phi) is 21.7. The van der Waals surface area contributed by atoms with E-state index in [4.69, 9.17) is 44.3 Å². The molecule has 12 aromatic heterocycles. The van der Waals surface area contributed by atoms with E-state index in [0.29, 0.717) is 0 Å². The molecule has 23 heteroatoms. The normalized spacial score (nSPS) is 19.3. The van der Waals surface area contributed by atoms with Crippen molar-refractivity contribution in [2.45, 2.75) is 219 Å². The number of nitrogens with zero attached hydrogens (tertiary/aromatic N) is 22. The predicted molar refractivity (Wildman–Crippen MR) is 461 cm³/mol. The second-order valence-electron chi connectivity index (χ2n) is 34.4. The minimum absolute atomic E-state index is 0.803. The first-order chi connectivity index (χ1) is 57.7. The second-order valence-corrected chi connectivity index (χ2v) is 34.4. The number of hydrogen-bond donors (Lipinski definition) is 0. The standard InChI is InChI=1S/C22H26N4.C21H24N4.C18H20N6.C18H20N4O.C15H20N4/c1-2-16-6-8-17(9-7-16)18-14-20-22(23-15-18)26-13-12-25(19-4-3-5-19)11-10-21(26)24-20;1-15-5-7-16(8-6-15)17-13-19-21(22-14-17)25-12-11-24(18-3-2-4-18)10-9-20(25)23-19;1-2-14(3-1)23-7-4-17-22-15-10-13(16-12-19-5-6-20-16)11-21-18(15)24(17)9-8-23;1-3-14(4-1)21-7-6-17-20-15-11-13(16-5-2-10-23-16)12-19-18(15)22(17)9-8-21;1-11-9-13-15(16-10-11)19-8-7-18(12-3-2-4-12)6-5-14(19)17-13/h6-9,14-15,19H,2-5,10-13H2,1H3;5-8,13-14,18H,2-4,9-12H2,1H3;5-6,10-12,14H,1-4,7-9H2;2,5,10-12,14H,1,3-4,6-9H2;9-10,12H,2-8H2,1H3. The van der Waals surface area contributed by atoms with Crippen molar-refractivity contribution >= 4 is 55.8 Å². The Labute approximate surface area is 685 Å². The number of imidazole rings is 5. The molecule has 5 aliphatic carbocycles. The van der Waals surface area contributed by atoms with Crippen LogP contribution in [-0.4, -0.2) is 203 Å². The summed E-state index contributed by atoms with van der Waals surface area (Å²) in [6, 6.07) is 36.1. The van der Waals surface area contributed by atoms with Crippen molar-refractivity contribution in [1.29, 1.82) is 0 Å². The van der Waals surface area contributed by atoms with E-state index in [1.165, 1.54) is 147 Å². The van der Waals surface area contributed by atoms with Crippen LogP contribution in [-0.2, 0) is 71.2 Å². The quantitative estimate of drug-likeness (QED) is 0.125. The molecule has 23 nitrogen and oxygen atoms in total. The van der Waals surface area contributed by atoms with Gasteiger partial charge < -0.3 is 27.3 Å². The maximum Gasteiger partial charge on any atom is 0.160 e. The van der Waals surface area contributed by atoms with Crippen molar-refractivity contribution in [2.24, 2.45) is 0 Å².